The van der Waals surface area contributed by atoms with Crippen LogP contribution in [-0.2, 0) is 4.79 Å². The topological polar surface area (TPSA) is 52.6 Å². The lowest BCUT2D eigenvalue weighted by Gasteiger charge is -2.31. The average molecular weight is 248 g/mol. The summed E-state index contributed by atoms with van der Waals surface area (Å²) in [6.45, 7) is 2.93. The molecule has 98 valence electrons. The van der Waals surface area contributed by atoms with Crippen molar-refractivity contribution >= 4 is 11.6 Å². The van der Waals surface area contributed by atoms with Crippen molar-refractivity contribution in [3.63, 3.8) is 0 Å². The van der Waals surface area contributed by atoms with Gasteiger partial charge in [-0.15, -0.1) is 0 Å². The number of nitrogens with one attached hydrogen (secondary N) is 1. The number of nitrogens with zero attached hydrogens (tertiary/aromatic N) is 1. The Kier molecular flexibility index (Phi) is 3.57. The first-order chi connectivity index (χ1) is 8.59. The summed E-state index contributed by atoms with van der Waals surface area (Å²) in [7, 11) is 1.76. The smallest absolute Gasteiger partial charge is 0.247 e. The number of phenolic OH excluding ortho intramolecular Hbond substituents is 1. The molecule has 1 aromatic carbocycles. The van der Waals surface area contributed by atoms with Crippen molar-refractivity contribution in [2.24, 2.45) is 0 Å². The minimum absolute atomic E-state index is 0.0769. The van der Waals surface area contributed by atoms with Crippen LogP contribution in [0.15, 0.2) is 24.3 Å². The Morgan fingerprint density at radius 3 is 2.89 bits per heavy atom. The maximum atomic E-state index is 12.6. The van der Waals surface area contributed by atoms with Gasteiger partial charge >= 0.3 is 0 Å². The molecule has 0 bridgehead atoms. The summed E-state index contributed by atoms with van der Waals surface area (Å²) >= 11 is 0. The van der Waals surface area contributed by atoms with Crippen LogP contribution in [0.25, 0.3) is 0 Å². The van der Waals surface area contributed by atoms with Crippen molar-refractivity contribution < 1.29 is 9.90 Å². The standard InChI is InChI=1S/C14H20N2O2/c1-3-14(8-5-9-15-14)13(18)16(2)11-6-4-7-12(17)10-11/h4,6-7,10,15,17H,3,5,8-9H2,1-2H3. The van der Waals surface area contributed by atoms with Crippen LogP contribution in [0.5, 0.6) is 5.75 Å². The van der Waals surface area contributed by atoms with Gasteiger partial charge in [0.15, 0.2) is 0 Å². The van der Waals surface area contributed by atoms with Gasteiger partial charge in [-0.2, -0.15) is 0 Å². The summed E-state index contributed by atoms with van der Waals surface area (Å²) in [5, 5.41) is 12.8. The van der Waals surface area contributed by atoms with Crippen LogP contribution in [0, 0.1) is 0 Å². The van der Waals surface area contributed by atoms with E-state index in [-0.39, 0.29) is 11.7 Å². The van der Waals surface area contributed by atoms with E-state index in [1.807, 2.05) is 13.0 Å². The number of benzene rings is 1. The number of hydrogen-bond donors (Lipinski definition) is 2. The molecule has 1 atom stereocenters. The SMILES string of the molecule is CCC1(C(=O)N(C)c2cccc(O)c2)CCCN1. The maximum absolute atomic E-state index is 12.6. The van der Waals surface area contributed by atoms with Gasteiger partial charge < -0.3 is 15.3 Å². The number of carbonyl (C=O) groups excluding carboxylic acids is 1. The van der Waals surface area contributed by atoms with E-state index in [0.717, 1.165) is 31.5 Å². The monoisotopic (exact) mass is 248 g/mol. The quantitative estimate of drug-likeness (QED) is 0.859. The minimum atomic E-state index is -0.430. The minimum Gasteiger partial charge on any atom is -0.508 e. The third kappa shape index (κ3) is 2.20. The molecule has 0 radical (unpaired) electrons. The highest BCUT2D eigenvalue weighted by atomic mass is 16.3. The fraction of sp³-hybridized carbons (Fsp3) is 0.500. The van der Waals surface area contributed by atoms with Crippen LogP contribution < -0.4 is 10.2 Å². The molecule has 0 saturated carbocycles. The van der Waals surface area contributed by atoms with Gasteiger partial charge in [-0.05, 0) is 37.9 Å². The zero-order valence-electron chi connectivity index (χ0n) is 10.9. The molecule has 18 heavy (non-hydrogen) atoms. The summed E-state index contributed by atoms with van der Waals surface area (Å²) in [6, 6.07) is 6.78. The van der Waals surface area contributed by atoms with Crippen LogP contribution in [0.1, 0.15) is 26.2 Å². The van der Waals surface area contributed by atoms with Crippen molar-refractivity contribution in [3.8, 4) is 5.75 Å². The normalized spacial score (nSPS) is 23.0. The maximum Gasteiger partial charge on any atom is 0.247 e. The largest absolute Gasteiger partial charge is 0.508 e. The van der Waals surface area contributed by atoms with Gasteiger partial charge in [0.25, 0.3) is 0 Å². The van der Waals surface area contributed by atoms with Crippen LogP contribution >= 0.6 is 0 Å². The number of anilines is 1. The average Bonchev–Trinajstić information content (AvgIpc) is 2.87. The molecule has 4 heteroatoms. The molecule has 1 saturated heterocycles. The molecule has 1 fully saturated rings. The Morgan fingerprint density at radius 1 is 1.56 bits per heavy atom. The Morgan fingerprint density at radius 2 is 2.33 bits per heavy atom. The third-order valence-electron chi connectivity index (χ3n) is 3.78. The van der Waals surface area contributed by atoms with E-state index in [0.29, 0.717) is 0 Å². The van der Waals surface area contributed by atoms with Gasteiger partial charge in [0.05, 0.1) is 5.54 Å². The number of rotatable bonds is 3. The highest BCUT2D eigenvalue weighted by Gasteiger charge is 2.41. The molecule has 1 amide bonds. The van der Waals surface area contributed by atoms with E-state index in [2.05, 4.69) is 5.32 Å². The number of phenols is 1. The van der Waals surface area contributed by atoms with E-state index in [1.165, 1.54) is 0 Å². The van der Waals surface area contributed by atoms with Crippen LogP contribution in [-0.4, -0.2) is 30.1 Å². The molecule has 1 aliphatic heterocycles. The van der Waals surface area contributed by atoms with E-state index in [9.17, 15) is 9.90 Å². The van der Waals surface area contributed by atoms with Gasteiger partial charge in [-0.25, -0.2) is 0 Å². The fourth-order valence-corrected chi connectivity index (χ4v) is 2.58. The van der Waals surface area contributed by atoms with Gasteiger partial charge in [0.2, 0.25) is 5.91 Å². The number of amides is 1. The van der Waals surface area contributed by atoms with Crippen molar-refractivity contribution in [1.82, 2.24) is 5.32 Å². The lowest BCUT2D eigenvalue weighted by atomic mass is 9.92. The van der Waals surface area contributed by atoms with Gasteiger partial charge in [-0.1, -0.05) is 13.0 Å². The lowest BCUT2D eigenvalue weighted by molar-refractivity contribution is -0.124. The van der Waals surface area contributed by atoms with Crippen LogP contribution in [0.3, 0.4) is 0 Å². The summed E-state index contributed by atoms with van der Waals surface area (Å²) in [4.78, 5) is 14.2. The van der Waals surface area contributed by atoms with E-state index in [4.69, 9.17) is 0 Å². The number of aromatic hydroxyl groups is 1. The predicted octanol–water partition coefficient (Wildman–Crippen LogP) is 1.89. The zero-order valence-corrected chi connectivity index (χ0v) is 10.9. The fourth-order valence-electron chi connectivity index (χ4n) is 2.58. The Bertz CT molecular complexity index is 439. The Hall–Kier alpha value is -1.55. The second-order valence-electron chi connectivity index (χ2n) is 4.85. The molecule has 0 aliphatic carbocycles. The molecule has 1 aliphatic rings. The Balaban J connectivity index is 2.23. The van der Waals surface area contributed by atoms with E-state index in [1.54, 1.807) is 30.1 Å². The van der Waals surface area contributed by atoms with E-state index < -0.39 is 5.54 Å². The van der Waals surface area contributed by atoms with Crippen molar-refractivity contribution in [3.05, 3.63) is 24.3 Å². The van der Waals surface area contributed by atoms with Gasteiger partial charge in [0, 0.05) is 18.8 Å². The van der Waals surface area contributed by atoms with Crippen molar-refractivity contribution in [1.29, 1.82) is 0 Å². The molecule has 0 spiro atoms. The molecule has 1 heterocycles. The van der Waals surface area contributed by atoms with Gasteiger partial charge in [-0.3, -0.25) is 4.79 Å². The number of hydrogen-bond acceptors (Lipinski definition) is 3. The first-order valence-corrected chi connectivity index (χ1v) is 6.41. The van der Waals surface area contributed by atoms with E-state index >= 15 is 0 Å². The van der Waals surface area contributed by atoms with Crippen molar-refractivity contribution in [2.75, 3.05) is 18.5 Å². The second-order valence-corrected chi connectivity index (χ2v) is 4.85. The molecular weight excluding hydrogens is 228 g/mol. The summed E-state index contributed by atoms with van der Waals surface area (Å²) < 4.78 is 0. The zero-order chi connectivity index (χ0) is 13.2. The third-order valence-corrected chi connectivity index (χ3v) is 3.78. The molecule has 2 rings (SSSR count). The molecule has 0 aromatic heterocycles. The molecule has 1 unspecified atom stereocenters. The molecule has 4 nitrogen and oxygen atoms in total. The summed E-state index contributed by atoms with van der Waals surface area (Å²) in [6.07, 6.45) is 2.70. The highest BCUT2D eigenvalue weighted by molar-refractivity contribution is 6.00. The van der Waals surface area contributed by atoms with Gasteiger partial charge in [0.1, 0.15) is 5.75 Å². The molecular formula is C14H20N2O2. The number of carbonyl (C=O) groups is 1. The molecule has 2 N–H and O–H groups in total. The first kappa shape index (κ1) is 12.9. The van der Waals surface area contributed by atoms with Crippen molar-refractivity contribution in [2.45, 2.75) is 31.7 Å². The predicted molar refractivity (Wildman–Crippen MR) is 71.8 cm³/mol. The lowest BCUT2D eigenvalue weighted by Crippen LogP contribution is -2.53. The number of likely N-dealkylation sites (N-methyl/N-ethyl adjacent to an activating group) is 1. The Labute approximate surface area is 108 Å². The second kappa shape index (κ2) is 4.98. The van der Waals surface area contributed by atoms with Crippen LogP contribution in [0.2, 0.25) is 0 Å². The highest BCUT2D eigenvalue weighted by Crippen LogP contribution is 2.28. The summed E-state index contributed by atoms with van der Waals surface area (Å²) in [5.41, 5.74) is 0.293. The first-order valence-electron chi connectivity index (χ1n) is 6.41. The van der Waals surface area contributed by atoms with Crippen LogP contribution in [0.4, 0.5) is 5.69 Å². The summed E-state index contributed by atoms with van der Waals surface area (Å²) in [5.74, 6) is 0.255. The molecule has 1 aromatic rings.